The smallest absolute Gasteiger partial charge is 0.237 e. The van der Waals surface area contributed by atoms with E-state index in [4.69, 9.17) is 0 Å². The Morgan fingerprint density at radius 3 is 2.54 bits per heavy atom. The number of aryl methyl sites for hydroxylation is 1. The molecule has 2 aromatic rings. The van der Waals surface area contributed by atoms with Crippen LogP contribution in [0.15, 0.2) is 48.5 Å². The molecule has 148 valence electrons. The second kappa shape index (κ2) is 8.31. The third-order valence-electron chi connectivity index (χ3n) is 6.12. The van der Waals surface area contributed by atoms with Gasteiger partial charge >= 0.3 is 0 Å². The molecule has 2 atom stereocenters. The zero-order valence-electron chi connectivity index (χ0n) is 16.4. The van der Waals surface area contributed by atoms with Gasteiger partial charge in [0.1, 0.15) is 5.82 Å². The van der Waals surface area contributed by atoms with Crippen molar-refractivity contribution in [2.24, 2.45) is 0 Å². The minimum Gasteiger partial charge on any atom is -0.369 e. The number of rotatable bonds is 4. The minimum atomic E-state index is -0.211. The summed E-state index contributed by atoms with van der Waals surface area (Å²) in [5.41, 5.74) is 3.67. The Morgan fingerprint density at radius 1 is 1.07 bits per heavy atom. The van der Waals surface area contributed by atoms with Crippen molar-refractivity contribution in [2.75, 3.05) is 31.1 Å². The summed E-state index contributed by atoms with van der Waals surface area (Å²) in [6, 6.07) is 15.1. The number of nitrogens with zero attached hydrogens (tertiary/aromatic N) is 2. The van der Waals surface area contributed by atoms with E-state index < -0.39 is 0 Å². The number of carbonyl (C=O) groups excluding carboxylic acids is 1. The van der Waals surface area contributed by atoms with Gasteiger partial charge in [-0.05, 0) is 61.6 Å². The lowest BCUT2D eigenvalue weighted by Gasteiger charge is -2.39. The Hall–Kier alpha value is -2.40. The summed E-state index contributed by atoms with van der Waals surface area (Å²) >= 11 is 0. The number of hydrogen-bond donors (Lipinski definition) is 1. The van der Waals surface area contributed by atoms with Crippen molar-refractivity contribution in [3.63, 3.8) is 0 Å². The lowest BCUT2D eigenvalue weighted by atomic mass is 9.87. The number of halogens is 1. The molecule has 1 aliphatic heterocycles. The van der Waals surface area contributed by atoms with E-state index in [1.807, 2.05) is 19.1 Å². The Bertz CT molecular complexity index is 815. The maximum Gasteiger partial charge on any atom is 0.237 e. The third-order valence-corrected chi connectivity index (χ3v) is 6.12. The van der Waals surface area contributed by atoms with Crippen molar-refractivity contribution in [3.05, 3.63) is 65.5 Å². The van der Waals surface area contributed by atoms with E-state index in [0.717, 1.165) is 51.1 Å². The predicted molar refractivity (Wildman–Crippen MR) is 110 cm³/mol. The molecule has 0 saturated carbocycles. The molecule has 2 aromatic carbocycles. The van der Waals surface area contributed by atoms with Crippen molar-refractivity contribution in [2.45, 2.75) is 38.3 Å². The first-order valence-electron chi connectivity index (χ1n) is 10.2. The number of nitrogens with one attached hydrogen (secondary N) is 1. The molecule has 4 nitrogen and oxygen atoms in total. The van der Waals surface area contributed by atoms with Gasteiger partial charge in [-0.1, -0.05) is 24.3 Å². The average Bonchev–Trinajstić information content (AvgIpc) is 2.74. The van der Waals surface area contributed by atoms with Crippen LogP contribution in [0, 0.1) is 5.82 Å². The highest BCUT2D eigenvalue weighted by Gasteiger charge is 2.28. The zero-order valence-corrected chi connectivity index (χ0v) is 16.4. The van der Waals surface area contributed by atoms with Gasteiger partial charge in [-0.2, -0.15) is 0 Å². The van der Waals surface area contributed by atoms with Crippen molar-refractivity contribution in [1.82, 2.24) is 10.2 Å². The molecule has 1 saturated heterocycles. The van der Waals surface area contributed by atoms with Gasteiger partial charge in [0.25, 0.3) is 0 Å². The lowest BCUT2D eigenvalue weighted by Crippen LogP contribution is -2.54. The highest BCUT2D eigenvalue weighted by Crippen LogP contribution is 2.29. The van der Waals surface area contributed by atoms with Crippen molar-refractivity contribution in [3.8, 4) is 0 Å². The summed E-state index contributed by atoms with van der Waals surface area (Å²) in [7, 11) is 0. The second-order valence-corrected chi connectivity index (χ2v) is 7.83. The van der Waals surface area contributed by atoms with Crippen LogP contribution in [-0.2, 0) is 11.2 Å². The van der Waals surface area contributed by atoms with Crippen molar-refractivity contribution in [1.29, 1.82) is 0 Å². The van der Waals surface area contributed by atoms with E-state index in [-0.39, 0.29) is 23.8 Å². The van der Waals surface area contributed by atoms with Crippen LogP contribution in [0.3, 0.4) is 0 Å². The molecular weight excluding hydrogens is 353 g/mol. The SMILES string of the molecule is C[C@H](C(=O)N[C@@H]1CCCc2ccccc21)N1CCN(c2ccc(F)cc2)CC1. The van der Waals surface area contributed by atoms with Crippen LogP contribution >= 0.6 is 0 Å². The number of anilines is 1. The van der Waals surface area contributed by atoms with Crippen molar-refractivity contribution < 1.29 is 9.18 Å². The summed E-state index contributed by atoms with van der Waals surface area (Å²) < 4.78 is 13.1. The number of amides is 1. The lowest BCUT2D eigenvalue weighted by molar-refractivity contribution is -0.126. The van der Waals surface area contributed by atoms with E-state index >= 15 is 0 Å². The summed E-state index contributed by atoms with van der Waals surface area (Å²) in [5.74, 6) is -0.103. The summed E-state index contributed by atoms with van der Waals surface area (Å²) in [4.78, 5) is 17.4. The number of carbonyl (C=O) groups is 1. The molecule has 4 rings (SSSR count). The Labute approximate surface area is 166 Å². The van der Waals surface area contributed by atoms with Gasteiger partial charge < -0.3 is 10.2 Å². The summed E-state index contributed by atoms with van der Waals surface area (Å²) in [6.07, 6.45) is 3.23. The molecule has 2 aliphatic rings. The van der Waals surface area contributed by atoms with Crippen LogP contribution in [0.25, 0.3) is 0 Å². The van der Waals surface area contributed by atoms with E-state index in [1.165, 1.54) is 23.3 Å². The van der Waals surface area contributed by atoms with Crippen LogP contribution in [0.4, 0.5) is 10.1 Å². The van der Waals surface area contributed by atoms with Gasteiger partial charge in [0.2, 0.25) is 5.91 Å². The molecule has 28 heavy (non-hydrogen) atoms. The third kappa shape index (κ3) is 4.04. The quantitative estimate of drug-likeness (QED) is 0.880. The number of hydrogen-bond acceptors (Lipinski definition) is 3. The number of piperazine rings is 1. The molecule has 1 aliphatic carbocycles. The van der Waals surface area contributed by atoms with Gasteiger partial charge in [-0.3, -0.25) is 9.69 Å². The van der Waals surface area contributed by atoms with Crippen LogP contribution in [0.5, 0.6) is 0 Å². The fraction of sp³-hybridized carbons (Fsp3) is 0.435. The monoisotopic (exact) mass is 381 g/mol. The van der Waals surface area contributed by atoms with Gasteiger partial charge in [0.05, 0.1) is 12.1 Å². The molecule has 0 aromatic heterocycles. The summed E-state index contributed by atoms with van der Waals surface area (Å²) in [6.45, 7) is 5.34. The molecule has 1 heterocycles. The molecule has 5 heteroatoms. The first kappa shape index (κ1) is 18.9. The van der Waals surface area contributed by atoms with E-state index in [1.54, 1.807) is 0 Å². The van der Waals surface area contributed by atoms with E-state index in [2.05, 4.69) is 39.4 Å². The van der Waals surface area contributed by atoms with Gasteiger partial charge in [-0.15, -0.1) is 0 Å². The van der Waals surface area contributed by atoms with E-state index in [9.17, 15) is 9.18 Å². The normalized spacial score (nSPS) is 21.1. The fourth-order valence-corrected chi connectivity index (χ4v) is 4.38. The zero-order chi connectivity index (χ0) is 19.5. The Kier molecular flexibility index (Phi) is 5.62. The van der Waals surface area contributed by atoms with Crippen LogP contribution < -0.4 is 10.2 Å². The van der Waals surface area contributed by atoms with Gasteiger partial charge in [-0.25, -0.2) is 4.39 Å². The fourth-order valence-electron chi connectivity index (χ4n) is 4.38. The molecule has 0 unspecified atom stereocenters. The molecule has 0 spiro atoms. The van der Waals surface area contributed by atoms with Gasteiger partial charge in [0, 0.05) is 31.9 Å². The second-order valence-electron chi connectivity index (χ2n) is 7.83. The first-order chi connectivity index (χ1) is 13.6. The van der Waals surface area contributed by atoms with Crippen LogP contribution in [-0.4, -0.2) is 43.0 Å². The maximum atomic E-state index is 13.1. The molecule has 0 radical (unpaired) electrons. The highest BCUT2D eigenvalue weighted by atomic mass is 19.1. The molecule has 1 fully saturated rings. The molecule has 1 N–H and O–H groups in total. The highest BCUT2D eigenvalue weighted by molar-refractivity contribution is 5.82. The maximum absolute atomic E-state index is 13.1. The summed E-state index contributed by atoms with van der Waals surface area (Å²) in [5, 5.41) is 3.29. The largest absolute Gasteiger partial charge is 0.369 e. The van der Waals surface area contributed by atoms with E-state index in [0.29, 0.717) is 0 Å². The number of fused-ring (bicyclic) bond motifs is 1. The minimum absolute atomic E-state index is 0.108. The molecule has 1 amide bonds. The topological polar surface area (TPSA) is 35.6 Å². The Balaban J connectivity index is 1.33. The molecular formula is C23H28FN3O. The van der Waals surface area contributed by atoms with Gasteiger partial charge in [0.15, 0.2) is 0 Å². The number of benzene rings is 2. The van der Waals surface area contributed by atoms with Crippen LogP contribution in [0.1, 0.15) is 36.9 Å². The van der Waals surface area contributed by atoms with Crippen LogP contribution in [0.2, 0.25) is 0 Å². The molecule has 0 bridgehead atoms. The standard InChI is InChI=1S/C23H28FN3O/c1-17(23(28)25-22-8-4-6-18-5-2-3-7-21(18)22)26-13-15-27(16-14-26)20-11-9-19(24)10-12-20/h2-3,5,7,9-12,17,22H,4,6,8,13-16H2,1H3,(H,25,28)/t17-,22-/m1/s1. The Morgan fingerprint density at radius 2 is 1.79 bits per heavy atom. The average molecular weight is 381 g/mol. The predicted octanol–water partition coefficient (Wildman–Crippen LogP) is 3.53. The van der Waals surface area contributed by atoms with Crippen molar-refractivity contribution >= 4 is 11.6 Å². The first-order valence-corrected chi connectivity index (χ1v) is 10.2.